The van der Waals surface area contributed by atoms with E-state index in [0.717, 1.165) is 38.6 Å². The van der Waals surface area contributed by atoms with Gasteiger partial charge in [-0.2, -0.15) is 0 Å². The number of rotatable bonds is 4. The van der Waals surface area contributed by atoms with Crippen LogP contribution in [0.2, 0.25) is 0 Å². The van der Waals surface area contributed by atoms with Crippen LogP contribution >= 0.6 is 0 Å². The summed E-state index contributed by atoms with van der Waals surface area (Å²) in [5.41, 5.74) is -0.882. The lowest BCUT2D eigenvalue weighted by Crippen LogP contribution is -2.38. The first-order chi connectivity index (χ1) is 5.77. The van der Waals surface area contributed by atoms with E-state index in [1.807, 2.05) is 0 Å². The third-order valence-electron chi connectivity index (χ3n) is 2.62. The van der Waals surface area contributed by atoms with Gasteiger partial charge in [-0.3, -0.25) is 0 Å². The summed E-state index contributed by atoms with van der Waals surface area (Å²) in [5.74, 6) is 0. The van der Waals surface area contributed by atoms with E-state index in [9.17, 15) is 4.39 Å². The molecular weight excluding hydrogens is 153 g/mol. The Morgan fingerprint density at radius 2 is 1.92 bits per heavy atom. The first-order valence-corrected chi connectivity index (χ1v) is 5.16. The van der Waals surface area contributed by atoms with Crippen molar-refractivity contribution < 1.29 is 4.39 Å². The Labute approximate surface area is 74.7 Å². The van der Waals surface area contributed by atoms with Crippen LogP contribution in [0.5, 0.6) is 0 Å². The fraction of sp³-hybridized carbons (Fsp3) is 1.00. The summed E-state index contributed by atoms with van der Waals surface area (Å²) in [6.07, 6.45) is 6.00. The molecule has 12 heavy (non-hydrogen) atoms. The van der Waals surface area contributed by atoms with Crippen LogP contribution in [0.4, 0.5) is 4.39 Å². The largest absolute Gasteiger partial charge is 0.314 e. The molecule has 0 aromatic carbocycles. The zero-order valence-corrected chi connectivity index (χ0v) is 8.03. The molecule has 0 amide bonds. The van der Waals surface area contributed by atoms with Crippen LogP contribution in [-0.4, -0.2) is 18.8 Å². The van der Waals surface area contributed by atoms with Gasteiger partial charge in [0, 0.05) is 6.54 Å². The van der Waals surface area contributed by atoms with E-state index < -0.39 is 5.67 Å². The van der Waals surface area contributed by atoms with E-state index in [2.05, 4.69) is 12.2 Å². The topological polar surface area (TPSA) is 12.0 Å². The van der Waals surface area contributed by atoms with Crippen molar-refractivity contribution in [3.05, 3.63) is 0 Å². The van der Waals surface area contributed by atoms with Gasteiger partial charge < -0.3 is 5.32 Å². The lowest BCUT2D eigenvalue weighted by atomic mass is 9.86. The molecule has 0 bridgehead atoms. The molecule has 1 aliphatic carbocycles. The molecular formula is C10H20FN. The van der Waals surface area contributed by atoms with Gasteiger partial charge in [-0.1, -0.05) is 26.2 Å². The molecule has 2 heteroatoms. The van der Waals surface area contributed by atoms with Crippen molar-refractivity contribution in [1.29, 1.82) is 0 Å². The molecule has 1 nitrogen and oxygen atoms in total. The van der Waals surface area contributed by atoms with Crippen LogP contribution in [0.1, 0.15) is 45.4 Å². The average molecular weight is 173 g/mol. The first kappa shape index (κ1) is 9.97. The molecule has 0 spiro atoms. The Morgan fingerprint density at radius 1 is 1.25 bits per heavy atom. The SMILES string of the molecule is CCCNCC1(F)CCCCC1. The normalized spacial score (nSPS) is 22.5. The minimum Gasteiger partial charge on any atom is -0.314 e. The molecule has 1 aliphatic rings. The van der Waals surface area contributed by atoms with Gasteiger partial charge in [0.05, 0.1) is 0 Å². The predicted molar refractivity (Wildman–Crippen MR) is 50.1 cm³/mol. The highest BCUT2D eigenvalue weighted by Gasteiger charge is 2.30. The standard InChI is InChI=1S/C10H20FN/c1-2-8-12-9-10(11)6-4-3-5-7-10/h12H,2-9H2,1H3. The van der Waals surface area contributed by atoms with Crippen LogP contribution in [0, 0.1) is 0 Å². The van der Waals surface area contributed by atoms with E-state index in [4.69, 9.17) is 0 Å². The van der Waals surface area contributed by atoms with Crippen molar-refractivity contribution in [3.8, 4) is 0 Å². The van der Waals surface area contributed by atoms with E-state index in [1.54, 1.807) is 0 Å². The van der Waals surface area contributed by atoms with Gasteiger partial charge in [0.2, 0.25) is 0 Å². The average Bonchev–Trinajstić information content (AvgIpc) is 2.06. The second-order valence-electron chi connectivity index (χ2n) is 3.89. The molecule has 0 radical (unpaired) electrons. The molecule has 1 N–H and O–H groups in total. The summed E-state index contributed by atoms with van der Waals surface area (Å²) < 4.78 is 13.8. The summed E-state index contributed by atoms with van der Waals surface area (Å²) in [5, 5.41) is 3.17. The molecule has 0 unspecified atom stereocenters. The Balaban J connectivity index is 2.17. The third-order valence-corrected chi connectivity index (χ3v) is 2.62. The van der Waals surface area contributed by atoms with Crippen LogP contribution in [0.25, 0.3) is 0 Å². The van der Waals surface area contributed by atoms with Gasteiger partial charge in [0.1, 0.15) is 5.67 Å². The highest BCUT2D eigenvalue weighted by molar-refractivity contribution is 4.84. The van der Waals surface area contributed by atoms with Crippen LogP contribution in [0.3, 0.4) is 0 Å². The molecule has 0 atom stereocenters. The Bertz CT molecular complexity index is 119. The molecule has 1 saturated carbocycles. The smallest absolute Gasteiger partial charge is 0.123 e. The second-order valence-corrected chi connectivity index (χ2v) is 3.89. The first-order valence-electron chi connectivity index (χ1n) is 5.16. The Morgan fingerprint density at radius 3 is 2.50 bits per heavy atom. The fourth-order valence-electron chi connectivity index (χ4n) is 1.85. The zero-order valence-electron chi connectivity index (χ0n) is 8.03. The minimum absolute atomic E-state index is 0.570. The lowest BCUT2D eigenvalue weighted by Gasteiger charge is -2.29. The molecule has 0 aromatic heterocycles. The van der Waals surface area contributed by atoms with Crippen molar-refractivity contribution in [2.45, 2.75) is 51.1 Å². The number of nitrogens with one attached hydrogen (secondary N) is 1. The van der Waals surface area contributed by atoms with Crippen molar-refractivity contribution in [1.82, 2.24) is 5.32 Å². The van der Waals surface area contributed by atoms with Gasteiger partial charge in [-0.25, -0.2) is 4.39 Å². The summed E-state index contributed by atoms with van der Waals surface area (Å²) in [4.78, 5) is 0. The molecule has 0 aromatic rings. The number of halogens is 1. The number of alkyl halides is 1. The van der Waals surface area contributed by atoms with Crippen LogP contribution in [0.15, 0.2) is 0 Å². The molecule has 1 rings (SSSR count). The monoisotopic (exact) mass is 173 g/mol. The second kappa shape index (κ2) is 4.80. The van der Waals surface area contributed by atoms with E-state index in [1.165, 1.54) is 6.42 Å². The van der Waals surface area contributed by atoms with Crippen LogP contribution in [-0.2, 0) is 0 Å². The van der Waals surface area contributed by atoms with Gasteiger partial charge in [0.15, 0.2) is 0 Å². The summed E-state index contributed by atoms with van der Waals surface area (Å²) >= 11 is 0. The van der Waals surface area contributed by atoms with Crippen molar-refractivity contribution >= 4 is 0 Å². The van der Waals surface area contributed by atoms with Gasteiger partial charge in [-0.15, -0.1) is 0 Å². The molecule has 0 saturated heterocycles. The van der Waals surface area contributed by atoms with Crippen LogP contribution < -0.4 is 5.32 Å². The maximum absolute atomic E-state index is 13.8. The maximum atomic E-state index is 13.8. The quantitative estimate of drug-likeness (QED) is 0.644. The highest BCUT2D eigenvalue weighted by Crippen LogP contribution is 2.30. The van der Waals surface area contributed by atoms with Gasteiger partial charge in [-0.05, 0) is 25.8 Å². The number of hydrogen-bond acceptors (Lipinski definition) is 1. The maximum Gasteiger partial charge on any atom is 0.123 e. The molecule has 0 heterocycles. The third kappa shape index (κ3) is 3.10. The summed E-state index contributed by atoms with van der Waals surface area (Å²) in [6.45, 7) is 3.63. The molecule has 1 fully saturated rings. The van der Waals surface area contributed by atoms with Gasteiger partial charge >= 0.3 is 0 Å². The van der Waals surface area contributed by atoms with Crippen molar-refractivity contribution in [2.24, 2.45) is 0 Å². The van der Waals surface area contributed by atoms with Crippen molar-refractivity contribution in [3.63, 3.8) is 0 Å². The van der Waals surface area contributed by atoms with E-state index in [0.29, 0.717) is 6.54 Å². The minimum atomic E-state index is -0.882. The molecule has 0 aliphatic heterocycles. The van der Waals surface area contributed by atoms with Crippen molar-refractivity contribution in [2.75, 3.05) is 13.1 Å². The molecule has 72 valence electrons. The number of hydrogen-bond donors (Lipinski definition) is 1. The van der Waals surface area contributed by atoms with E-state index >= 15 is 0 Å². The van der Waals surface area contributed by atoms with Gasteiger partial charge in [0.25, 0.3) is 0 Å². The summed E-state index contributed by atoms with van der Waals surface area (Å²) in [7, 11) is 0. The predicted octanol–water partition coefficient (Wildman–Crippen LogP) is 2.66. The fourth-order valence-corrected chi connectivity index (χ4v) is 1.85. The van der Waals surface area contributed by atoms with E-state index in [-0.39, 0.29) is 0 Å². The lowest BCUT2D eigenvalue weighted by molar-refractivity contribution is 0.106. The summed E-state index contributed by atoms with van der Waals surface area (Å²) in [6, 6.07) is 0. The zero-order chi connectivity index (χ0) is 8.86. The Hall–Kier alpha value is -0.110. The highest BCUT2D eigenvalue weighted by atomic mass is 19.1. The Kier molecular flexibility index (Phi) is 3.99.